The Bertz CT molecular complexity index is 590. The number of carbonyl (C=O) groups excluding carboxylic acids is 1. The molecule has 5 nitrogen and oxygen atoms in total. The Kier molecular flexibility index (Phi) is 9.57. The molecule has 3 rings (SSSR count). The van der Waals surface area contributed by atoms with E-state index in [-0.39, 0.29) is 18.3 Å². The standard InChI is InChI=1S/C26H44O5/c1-2-3-4-5-6-7-8-9-10-11-12-13-23-18-22(28)20-26(30-23)17-16-25(31-26)15-14-21(27)19-24(25)29/h14-15,22-24,28-29H,2-13,16-20H2,1H3/t22-,23-,24+,25+,26-/m0/s1. The molecule has 0 bridgehead atoms. The zero-order chi connectivity index (χ0) is 22.2. The fourth-order valence-electron chi connectivity index (χ4n) is 5.55. The summed E-state index contributed by atoms with van der Waals surface area (Å²) in [6.07, 6.45) is 19.9. The van der Waals surface area contributed by atoms with Crippen molar-refractivity contribution in [2.24, 2.45) is 0 Å². The highest BCUT2D eigenvalue weighted by Gasteiger charge is 2.56. The molecule has 0 amide bonds. The monoisotopic (exact) mass is 436 g/mol. The number of unbranched alkanes of at least 4 members (excludes halogenated alkanes) is 10. The quantitative estimate of drug-likeness (QED) is 0.403. The summed E-state index contributed by atoms with van der Waals surface area (Å²) < 4.78 is 12.7. The maximum absolute atomic E-state index is 11.6. The van der Waals surface area contributed by atoms with Crippen molar-refractivity contribution >= 4 is 5.78 Å². The number of carbonyl (C=O) groups is 1. The normalized spacial score (nSPS) is 35.5. The van der Waals surface area contributed by atoms with Crippen LogP contribution in [0.25, 0.3) is 0 Å². The smallest absolute Gasteiger partial charge is 0.172 e. The fraction of sp³-hybridized carbons (Fsp3) is 0.885. The van der Waals surface area contributed by atoms with Crippen molar-refractivity contribution in [3.63, 3.8) is 0 Å². The molecule has 0 radical (unpaired) electrons. The third-order valence-electron chi connectivity index (χ3n) is 7.38. The van der Waals surface area contributed by atoms with Gasteiger partial charge in [-0.15, -0.1) is 0 Å². The Morgan fingerprint density at radius 1 is 0.968 bits per heavy atom. The Balaban J connectivity index is 1.34. The maximum Gasteiger partial charge on any atom is 0.172 e. The number of hydrogen-bond donors (Lipinski definition) is 2. The zero-order valence-corrected chi connectivity index (χ0v) is 19.5. The van der Waals surface area contributed by atoms with Crippen LogP contribution in [0.5, 0.6) is 0 Å². The van der Waals surface area contributed by atoms with Gasteiger partial charge < -0.3 is 19.7 Å². The van der Waals surface area contributed by atoms with Crippen LogP contribution in [0, 0.1) is 0 Å². The van der Waals surface area contributed by atoms with Gasteiger partial charge in [-0.25, -0.2) is 0 Å². The van der Waals surface area contributed by atoms with Crippen molar-refractivity contribution in [2.75, 3.05) is 0 Å². The second-order valence-electron chi connectivity index (χ2n) is 10.1. The van der Waals surface area contributed by atoms with E-state index >= 15 is 0 Å². The molecule has 2 saturated heterocycles. The van der Waals surface area contributed by atoms with Crippen molar-refractivity contribution in [3.8, 4) is 0 Å². The van der Waals surface area contributed by atoms with Gasteiger partial charge in [-0.2, -0.15) is 0 Å². The summed E-state index contributed by atoms with van der Waals surface area (Å²) in [7, 11) is 0. The first-order valence-electron chi connectivity index (χ1n) is 12.9. The van der Waals surface area contributed by atoms with Crippen LogP contribution in [0.15, 0.2) is 12.2 Å². The summed E-state index contributed by atoms with van der Waals surface area (Å²) in [6.45, 7) is 2.26. The average molecular weight is 437 g/mol. The molecule has 31 heavy (non-hydrogen) atoms. The zero-order valence-electron chi connectivity index (χ0n) is 19.5. The van der Waals surface area contributed by atoms with E-state index in [0.717, 1.165) is 12.8 Å². The molecular formula is C26H44O5. The lowest BCUT2D eigenvalue weighted by Gasteiger charge is -2.43. The van der Waals surface area contributed by atoms with E-state index in [1.165, 1.54) is 70.3 Å². The summed E-state index contributed by atoms with van der Waals surface area (Å²) in [6, 6.07) is 0. The van der Waals surface area contributed by atoms with Gasteiger partial charge in [-0.3, -0.25) is 4.79 Å². The first-order valence-corrected chi connectivity index (χ1v) is 12.9. The second kappa shape index (κ2) is 11.9. The predicted octanol–water partition coefficient (Wildman–Crippen LogP) is 5.36. The number of aliphatic hydroxyl groups is 2. The van der Waals surface area contributed by atoms with Gasteiger partial charge in [-0.1, -0.05) is 77.6 Å². The first-order chi connectivity index (χ1) is 15.0. The number of ether oxygens (including phenoxy) is 2. The molecule has 0 saturated carbocycles. The van der Waals surface area contributed by atoms with Crippen LogP contribution >= 0.6 is 0 Å². The van der Waals surface area contributed by atoms with Gasteiger partial charge in [0.05, 0.1) is 18.3 Å². The molecule has 2 spiro atoms. The van der Waals surface area contributed by atoms with Crippen molar-refractivity contribution < 1.29 is 24.5 Å². The molecule has 2 aliphatic heterocycles. The van der Waals surface area contributed by atoms with Crippen molar-refractivity contribution in [3.05, 3.63) is 12.2 Å². The molecule has 1 aliphatic carbocycles. The minimum Gasteiger partial charge on any atom is -0.393 e. The van der Waals surface area contributed by atoms with Crippen LogP contribution < -0.4 is 0 Å². The largest absolute Gasteiger partial charge is 0.393 e. The van der Waals surface area contributed by atoms with Crippen LogP contribution in [-0.2, 0) is 14.3 Å². The SMILES string of the molecule is CCCCCCCCCCCCC[C@H]1C[C@H](O)C[C@@]2(CC[C@@]3(C=CC(=O)C[C@H]3O)O2)O1. The lowest BCUT2D eigenvalue weighted by atomic mass is 9.85. The Labute approximate surface area is 188 Å². The number of allylic oxidation sites excluding steroid dienone is 1. The highest BCUT2D eigenvalue weighted by atomic mass is 16.7. The molecule has 5 heteroatoms. The summed E-state index contributed by atoms with van der Waals surface area (Å²) in [5, 5.41) is 21.0. The van der Waals surface area contributed by atoms with Gasteiger partial charge in [-0.05, 0) is 31.4 Å². The van der Waals surface area contributed by atoms with E-state index in [0.29, 0.717) is 25.7 Å². The van der Waals surface area contributed by atoms with Gasteiger partial charge in [0, 0.05) is 19.3 Å². The molecule has 0 aromatic carbocycles. The van der Waals surface area contributed by atoms with Gasteiger partial charge in [0.1, 0.15) is 5.60 Å². The van der Waals surface area contributed by atoms with E-state index in [1.54, 1.807) is 6.08 Å². The topological polar surface area (TPSA) is 76.0 Å². The van der Waals surface area contributed by atoms with Crippen LogP contribution in [0.2, 0.25) is 0 Å². The van der Waals surface area contributed by atoms with Crippen LogP contribution in [-0.4, -0.2) is 45.7 Å². The van der Waals surface area contributed by atoms with Crippen molar-refractivity contribution in [2.45, 2.75) is 146 Å². The summed E-state index contributed by atoms with van der Waals surface area (Å²) in [5.41, 5.74) is -0.841. The average Bonchev–Trinajstić information content (AvgIpc) is 3.07. The lowest BCUT2D eigenvalue weighted by Crippen LogP contribution is -2.51. The maximum atomic E-state index is 11.6. The van der Waals surface area contributed by atoms with E-state index in [2.05, 4.69) is 6.92 Å². The molecule has 0 unspecified atom stereocenters. The Hall–Kier alpha value is -0.750. The van der Waals surface area contributed by atoms with Gasteiger partial charge in [0.15, 0.2) is 11.6 Å². The molecule has 178 valence electrons. The van der Waals surface area contributed by atoms with Gasteiger partial charge >= 0.3 is 0 Å². The second-order valence-corrected chi connectivity index (χ2v) is 10.1. The van der Waals surface area contributed by atoms with E-state index < -0.39 is 23.6 Å². The van der Waals surface area contributed by atoms with E-state index in [4.69, 9.17) is 9.47 Å². The molecule has 3 aliphatic rings. The summed E-state index contributed by atoms with van der Waals surface area (Å²) in [5.74, 6) is -0.895. The van der Waals surface area contributed by atoms with E-state index in [1.807, 2.05) is 0 Å². The molecule has 0 aromatic rings. The van der Waals surface area contributed by atoms with Crippen molar-refractivity contribution in [1.82, 2.24) is 0 Å². The third kappa shape index (κ3) is 7.12. The van der Waals surface area contributed by atoms with E-state index in [9.17, 15) is 15.0 Å². The minimum atomic E-state index is -0.841. The molecule has 5 atom stereocenters. The first kappa shape index (κ1) is 24.9. The molecule has 2 fully saturated rings. The number of rotatable bonds is 12. The molecule has 2 heterocycles. The minimum absolute atomic E-state index is 0.00353. The summed E-state index contributed by atoms with van der Waals surface area (Å²) >= 11 is 0. The van der Waals surface area contributed by atoms with Crippen molar-refractivity contribution in [1.29, 1.82) is 0 Å². The Morgan fingerprint density at radius 2 is 1.61 bits per heavy atom. The van der Waals surface area contributed by atoms with Gasteiger partial charge in [0.2, 0.25) is 0 Å². The van der Waals surface area contributed by atoms with Crippen LogP contribution in [0.3, 0.4) is 0 Å². The summed E-state index contributed by atoms with van der Waals surface area (Å²) in [4.78, 5) is 11.6. The van der Waals surface area contributed by atoms with Crippen LogP contribution in [0.1, 0.15) is 116 Å². The highest BCUT2D eigenvalue weighted by molar-refractivity contribution is 5.91. The van der Waals surface area contributed by atoms with Crippen LogP contribution in [0.4, 0.5) is 0 Å². The highest BCUT2D eigenvalue weighted by Crippen LogP contribution is 2.49. The molecule has 0 aromatic heterocycles. The number of aliphatic hydroxyl groups excluding tert-OH is 2. The molecular weight excluding hydrogens is 392 g/mol. The van der Waals surface area contributed by atoms with Gasteiger partial charge in [0.25, 0.3) is 0 Å². The molecule has 2 N–H and O–H groups in total. The lowest BCUT2D eigenvalue weighted by molar-refractivity contribution is -0.306. The third-order valence-corrected chi connectivity index (χ3v) is 7.38. The fourth-order valence-corrected chi connectivity index (χ4v) is 5.55. The number of hydrogen-bond acceptors (Lipinski definition) is 5. The Morgan fingerprint density at radius 3 is 2.26 bits per heavy atom. The number of ketones is 1. The predicted molar refractivity (Wildman–Crippen MR) is 122 cm³/mol.